The Labute approximate surface area is 218 Å². The maximum absolute atomic E-state index is 13.7. The van der Waals surface area contributed by atoms with Crippen LogP contribution in [0.2, 0.25) is 5.02 Å². The normalized spacial score (nSPS) is 14.5. The van der Waals surface area contributed by atoms with Gasteiger partial charge in [-0.2, -0.15) is 4.80 Å². The zero-order valence-electron chi connectivity index (χ0n) is 20.3. The molecule has 0 unspecified atom stereocenters. The van der Waals surface area contributed by atoms with E-state index in [1.807, 2.05) is 0 Å². The number of aryl methyl sites for hydroxylation is 1. The van der Waals surface area contributed by atoms with Crippen molar-refractivity contribution in [3.05, 3.63) is 77.1 Å². The van der Waals surface area contributed by atoms with Gasteiger partial charge in [-0.3, -0.25) is 9.59 Å². The predicted molar refractivity (Wildman–Crippen MR) is 134 cm³/mol. The number of aromatic nitrogens is 4. The summed E-state index contributed by atoms with van der Waals surface area (Å²) in [6.45, 7) is 1.63. The Morgan fingerprint density at radius 2 is 1.95 bits per heavy atom. The van der Waals surface area contributed by atoms with Crippen LogP contribution in [0.5, 0.6) is 0 Å². The number of nitrogens with zero attached hydrogens (tertiary/aromatic N) is 5. The van der Waals surface area contributed by atoms with Crippen molar-refractivity contribution < 1.29 is 18.4 Å². The second kappa shape index (κ2) is 11.0. The van der Waals surface area contributed by atoms with Crippen molar-refractivity contribution in [2.45, 2.75) is 57.8 Å². The Balaban J connectivity index is 1.42. The highest BCUT2D eigenvalue weighted by Crippen LogP contribution is 2.28. The van der Waals surface area contributed by atoms with E-state index in [0.29, 0.717) is 28.1 Å². The summed E-state index contributed by atoms with van der Waals surface area (Å²) in [4.78, 5) is 30.0. The maximum atomic E-state index is 13.7. The van der Waals surface area contributed by atoms with Gasteiger partial charge in [0.15, 0.2) is 6.04 Å². The maximum Gasteiger partial charge on any atom is 0.250 e. The van der Waals surface area contributed by atoms with Crippen LogP contribution in [-0.2, 0) is 22.7 Å². The van der Waals surface area contributed by atoms with E-state index in [1.165, 1.54) is 16.0 Å². The molecule has 1 aromatic carbocycles. The summed E-state index contributed by atoms with van der Waals surface area (Å²) in [5.74, 6) is 1.22. The summed E-state index contributed by atoms with van der Waals surface area (Å²) in [6.07, 6.45) is 5.49. The number of hydrogen-bond donors (Lipinski definition) is 1. The highest BCUT2D eigenvalue weighted by molar-refractivity contribution is 6.30. The average molecular weight is 523 g/mol. The van der Waals surface area contributed by atoms with Gasteiger partial charge in [-0.1, -0.05) is 24.4 Å². The lowest BCUT2D eigenvalue weighted by Gasteiger charge is -2.30. The number of halogens is 1. The van der Waals surface area contributed by atoms with Gasteiger partial charge < -0.3 is 19.1 Å². The number of furan rings is 2. The molecule has 11 heteroatoms. The topological polar surface area (TPSA) is 119 Å². The largest absolute Gasteiger partial charge is 0.467 e. The summed E-state index contributed by atoms with van der Waals surface area (Å²) in [6, 6.07) is 13.1. The molecule has 0 aliphatic heterocycles. The predicted octanol–water partition coefficient (Wildman–Crippen LogP) is 4.32. The van der Waals surface area contributed by atoms with Gasteiger partial charge in [0.25, 0.3) is 5.91 Å². The zero-order valence-corrected chi connectivity index (χ0v) is 21.1. The van der Waals surface area contributed by atoms with E-state index >= 15 is 0 Å². The van der Waals surface area contributed by atoms with Crippen molar-refractivity contribution in [1.29, 1.82) is 0 Å². The monoisotopic (exact) mass is 522 g/mol. The SMILES string of the molecule is Cc1ccc([C@@H](C(=O)NC2CCCC2)N(Cc2ccco2)C(=O)Cn2nnc(-c3ccc(Cl)cc3)n2)o1. The van der Waals surface area contributed by atoms with E-state index in [4.69, 9.17) is 20.4 Å². The third kappa shape index (κ3) is 5.91. The Morgan fingerprint density at radius 1 is 1.16 bits per heavy atom. The standard InChI is InChI=1S/C26H27ClN6O4/c1-17-8-13-22(37-17)24(26(35)28-20-5-2-3-6-20)32(15-21-7-4-14-36-21)23(34)16-33-30-25(29-31-33)18-9-11-19(27)12-10-18/h4,7-14,20,24H,2-3,5-6,15-16H2,1H3,(H,28,35)/t24-/m0/s1. The third-order valence-electron chi connectivity index (χ3n) is 6.35. The molecular formula is C26H27ClN6O4. The first-order valence-corrected chi connectivity index (χ1v) is 12.6. The summed E-state index contributed by atoms with van der Waals surface area (Å²) < 4.78 is 11.4. The van der Waals surface area contributed by atoms with Gasteiger partial charge in [0.2, 0.25) is 11.7 Å². The lowest BCUT2D eigenvalue weighted by Crippen LogP contribution is -2.46. The lowest BCUT2D eigenvalue weighted by molar-refractivity contribution is -0.143. The lowest BCUT2D eigenvalue weighted by atomic mass is 10.1. The smallest absolute Gasteiger partial charge is 0.250 e. The second-order valence-corrected chi connectivity index (χ2v) is 9.53. The van der Waals surface area contributed by atoms with Crippen molar-refractivity contribution in [3.63, 3.8) is 0 Å². The summed E-state index contributed by atoms with van der Waals surface area (Å²) >= 11 is 5.97. The van der Waals surface area contributed by atoms with Crippen molar-refractivity contribution in [2.75, 3.05) is 0 Å². The number of nitrogens with one attached hydrogen (secondary N) is 1. The summed E-state index contributed by atoms with van der Waals surface area (Å²) in [5, 5.41) is 16.2. The Kier molecular flexibility index (Phi) is 7.36. The molecule has 4 aromatic rings. The fourth-order valence-electron chi connectivity index (χ4n) is 4.51. The van der Waals surface area contributed by atoms with Gasteiger partial charge in [-0.15, -0.1) is 10.2 Å². The molecular weight excluding hydrogens is 496 g/mol. The Morgan fingerprint density at radius 3 is 2.62 bits per heavy atom. The first-order chi connectivity index (χ1) is 18.0. The Hall–Kier alpha value is -3.92. The van der Waals surface area contributed by atoms with Crippen LogP contribution >= 0.6 is 11.6 Å². The molecule has 37 heavy (non-hydrogen) atoms. The molecule has 1 saturated carbocycles. The van der Waals surface area contributed by atoms with Crippen LogP contribution in [0.15, 0.2) is 63.6 Å². The van der Waals surface area contributed by atoms with Crippen LogP contribution in [0.4, 0.5) is 0 Å². The van der Waals surface area contributed by atoms with Crippen molar-refractivity contribution in [3.8, 4) is 11.4 Å². The third-order valence-corrected chi connectivity index (χ3v) is 6.60. The quantitative estimate of drug-likeness (QED) is 0.347. The van der Waals surface area contributed by atoms with Gasteiger partial charge in [0, 0.05) is 16.6 Å². The molecule has 1 N–H and O–H groups in total. The summed E-state index contributed by atoms with van der Waals surface area (Å²) in [7, 11) is 0. The van der Waals surface area contributed by atoms with E-state index < -0.39 is 11.9 Å². The van der Waals surface area contributed by atoms with Crippen LogP contribution in [0.3, 0.4) is 0 Å². The summed E-state index contributed by atoms with van der Waals surface area (Å²) in [5.41, 5.74) is 0.718. The van der Waals surface area contributed by atoms with Crippen LogP contribution in [0.25, 0.3) is 11.4 Å². The molecule has 0 saturated heterocycles. The van der Waals surface area contributed by atoms with Crippen LogP contribution in [0.1, 0.15) is 49.0 Å². The molecule has 2 amide bonds. The first-order valence-electron chi connectivity index (χ1n) is 12.2. The van der Waals surface area contributed by atoms with Gasteiger partial charge in [-0.05, 0) is 73.5 Å². The zero-order chi connectivity index (χ0) is 25.8. The van der Waals surface area contributed by atoms with E-state index in [9.17, 15) is 9.59 Å². The first kappa shape index (κ1) is 24.8. The minimum atomic E-state index is -0.994. The number of hydrogen-bond acceptors (Lipinski definition) is 7. The van der Waals surface area contributed by atoms with E-state index in [-0.39, 0.29) is 25.0 Å². The minimum Gasteiger partial charge on any atom is -0.467 e. The van der Waals surface area contributed by atoms with E-state index in [2.05, 4.69) is 20.7 Å². The van der Waals surface area contributed by atoms with E-state index in [0.717, 1.165) is 31.2 Å². The average Bonchev–Trinajstić information content (AvgIpc) is 3.69. The number of carbonyl (C=O) groups excluding carboxylic acids is 2. The molecule has 0 spiro atoms. The van der Waals surface area contributed by atoms with Crippen molar-refractivity contribution in [1.82, 2.24) is 30.4 Å². The van der Waals surface area contributed by atoms with Crippen molar-refractivity contribution in [2.24, 2.45) is 0 Å². The molecule has 1 fully saturated rings. The molecule has 1 aliphatic carbocycles. The number of amides is 2. The minimum absolute atomic E-state index is 0.0626. The van der Waals surface area contributed by atoms with Gasteiger partial charge in [0.05, 0.1) is 12.8 Å². The van der Waals surface area contributed by atoms with Gasteiger partial charge in [0.1, 0.15) is 23.8 Å². The van der Waals surface area contributed by atoms with E-state index in [1.54, 1.807) is 55.5 Å². The molecule has 1 atom stereocenters. The molecule has 5 rings (SSSR count). The molecule has 10 nitrogen and oxygen atoms in total. The molecule has 3 aromatic heterocycles. The number of carbonyl (C=O) groups is 2. The van der Waals surface area contributed by atoms with Crippen molar-refractivity contribution >= 4 is 23.4 Å². The highest BCUT2D eigenvalue weighted by atomic mass is 35.5. The molecule has 0 bridgehead atoms. The molecule has 192 valence electrons. The van der Waals surface area contributed by atoms with Crippen LogP contribution < -0.4 is 5.32 Å². The number of rotatable bonds is 9. The highest BCUT2D eigenvalue weighted by Gasteiger charge is 2.36. The fourth-order valence-corrected chi connectivity index (χ4v) is 4.63. The second-order valence-electron chi connectivity index (χ2n) is 9.09. The van der Waals surface area contributed by atoms with Crippen LogP contribution in [0, 0.1) is 6.92 Å². The van der Waals surface area contributed by atoms with Gasteiger partial charge >= 0.3 is 0 Å². The molecule has 3 heterocycles. The molecule has 0 radical (unpaired) electrons. The number of benzene rings is 1. The van der Waals surface area contributed by atoms with Gasteiger partial charge in [-0.25, -0.2) is 0 Å². The molecule has 1 aliphatic rings. The Bertz CT molecular complexity index is 1340. The van der Waals surface area contributed by atoms with Crippen LogP contribution in [-0.4, -0.2) is 43.0 Å². The fraction of sp³-hybridized carbons (Fsp3) is 0.346. The number of tetrazole rings is 1.